The molecule has 0 radical (unpaired) electrons. The van der Waals surface area contributed by atoms with E-state index < -0.39 is 6.10 Å². The normalized spacial score (nSPS) is 21.0. The highest BCUT2D eigenvalue weighted by atomic mass is 16.3. The zero-order valence-corrected chi connectivity index (χ0v) is 21.5. The number of aryl methyl sites for hydroxylation is 1. The monoisotopic (exact) mass is 494 g/mol. The third kappa shape index (κ3) is 5.88. The highest BCUT2D eigenvalue weighted by Gasteiger charge is 2.36. The molecule has 2 aromatic rings. The Hall–Kier alpha value is -2.94. The number of amides is 3. The first-order valence-corrected chi connectivity index (χ1v) is 12.7. The van der Waals surface area contributed by atoms with Gasteiger partial charge in [-0.25, -0.2) is 4.79 Å². The molecule has 8 nitrogen and oxygen atoms in total. The molecule has 3 atom stereocenters. The lowest BCUT2D eigenvalue weighted by Gasteiger charge is -2.30. The van der Waals surface area contributed by atoms with Gasteiger partial charge in [0.25, 0.3) is 5.91 Å². The molecule has 0 aromatic heterocycles. The number of benzene rings is 2. The largest absolute Gasteiger partial charge is 0.394 e. The maximum absolute atomic E-state index is 13.2. The summed E-state index contributed by atoms with van der Waals surface area (Å²) >= 11 is 0. The summed E-state index contributed by atoms with van der Waals surface area (Å²) < 4.78 is 0. The number of hydrogen-bond acceptors (Lipinski definition) is 5. The first-order chi connectivity index (χ1) is 17.3. The number of nitrogens with zero attached hydrogens (tertiary/aromatic N) is 4. The van der Waals surface area contributed by atoms with Crippen molar-refractivity contribution in [2.24, 2.45) is 0 Å². The molecule has 0 spiro atoms. The number of hydrogen-bond donors (Lipinski definition) is 2. The Morgan fingerprint density at radius 3 is 2.14 bits per heavy atom. The van der Waals surface area contributed by atoms with Crippen LogP contribution < -0.4 is 0 Å². The van der Waals surface area contributed by atoms with Crippen LogP contribution in [0.3, 0.4) is 0 Å². The van der Waals surface area contributed by atoms with E-state index in [4.69, 9.17) is 5.11 Å². The minimum Gasteiger partial charge on any atom is -0.394 e. The fourth-order valence-electron chi connectivity index (χ4n) is 5.18. The predicted molar refractivity (Wildman–Crippen MR) is 140 cm³/mol. The molecule has 1 unspecified atom stereocenters. The average Bonchev–Trinajstić information content (AvgIpc) is 3.58. The van der Waals surface area contributed by atoms with Crippen LogP contribution in [0.15, 0.2) is 48.5 Å². The number of aliphatic hydroxyl groups excluding tert-OH is 2. The van der Waals surface area contributed by atoms with E-state index in [-0.39, 0.29) is 30.6 Å². The van der Waals surface area contributed by atoms with Gasteiger partial charge < -0.3 is 24.9 Å². The van der Waals surface area contributed by atoms with E-state index in [1.165, 1.54) is 5.56 Å². The van der Waals surface area contributed by atoms with Crippen molar-refractivity contribution in [3.8, 4) is 11.1 Å². The summed E-state index contributed by atoms with van der Waals surface area (Å²) in [5.41, 5.74) is 4.06. The van der Waals surface area contributed by atoms with E-state index >= 15 is 0 Å². The number of β-amino-alcohol motifs (C(OH)–C–C–N with tert-alkyl or cyclic N) is 1. The molecular formula is C28H38N4O4. The van der Waals surface area contributed by atoms with E-state index in [2.05, 4.69) is 36.1 Å². The molecule has 3 amide bonds. The van der Waals surface area contributed by atoms with Crippen molar-refractivity contribution in [3.63, 3.8) is 0 Å². The molecular weight excluding hydrogens is 456 g/mol. The zero-order valence-electron chi connectivity index (χ0n) is 21.5. The predicted octanol–water partition coefficient (Wildman–Crippen LogP) is 2.29. The molecule has 0 bridgehead atoms. The molecule has 2 aromatic carbocycles. The molecule has 194 valence electrons. The second-order valence-corrected chi connectivity index (χ2v) is 10.2. The maximum atomic E-state index is 13.2. The lowest BCUT2D eigenvalue weighted by Crippen LogP contribution is -2.47. The number of rotatable bonds is 7. The Labute approximate surface area is 213 Å². The molecule has 2 aliphatic heterocycles. The van der Waals surface area contributed by atoms with Crippen LogP contribution in [0.4, 0.5) is 4.79 Å². The van der Waals surface area contributed by atoms with Gasteiger partial charge in [0.15, 0.2) is 0 Å². The third-order valence-corrected chi connectivity index (χ3v) is 7.60. The molecule has 0 aliphatic carbocycles. The van der Waals surface area contributed by atoms with Crippen molar-refractivity contribution in [1.82, 2.24) is 19.6 Å². The van der Waals surface area contributed by atoms with Gasteiger partial charge in [-0.3, -0.25) is 9.69 Å². The fourth-order valence-corrected chi connectivity index (χ4v) is 5.18. The Morgan fingerprint density at radius 1 is 0.917 bits per heavy atom. The van der Waals surface area contributed by atoms with Gasteiger partial charge in [-0.15, -0.1) is 0 Å². The highest BCUT2D eigenvalue weighted by molar-refractivity contribution is 5.95. The molecule has 2 fully saturated rings. The molecule has 2 N–H and O–H groups in total. The van der Waals surface area contributed by atoms with Crippen molar-refractivity contribution in [3.05, 3.63) is 59.7 Å². The third-order valence-electron chi connectivity index (χ3n) is 7.60. The summed E-state index contributed by atoms with van der Waals surface area (Å²) in [5, 5.41) is 18.8. The molecule has 36 heavy (non-hydrogen) atoms. The van der Waals surface area contributed by atoms with Crippen LogP contribution in [0.1, 0.15) is 28.8 Å². The maximum Gasteiger partial charge on any atom is 0.320 e. The quantitative estimate of drug-likeness (QED) is 0.617. The summed E-state index contributed by atoms with van der Waals surface area (Å²) in [6.07, 6.45) is 0.841. The van der Waals surface area contributed by atoms with E-state index in [1.54, 1.807) is 9.80 Å². The van der Waals surface area contributed by atoms with E-state index in [0.29, 0.717) is 31.7 Å². The van der Waals surface area contributed by atoms with Gasteiger partial charge in [-0.2, -0.15) is 0 Å². The fraction of sp³-hybridized carbons (Fsp3) is 0.500. The van der Waals surface area contributed by atoms with Crippen molar-refractivity contribution < 1.29 is 19.8 Å². The molecule has 2 aliphatic rings. The van der Waals surface area contributed by atoms with Gasteiger partial charge in [0.2, 0.25) is 0 Å². The van der Waals surface area contributed by atoms with Crippen LogP contribution in [-0.4, -0.2) is 113 Å². The first kappa shape index (κ1) is 26.1. The number of urea groups is 1. The highest BCUT2D eigenvalue weighted by Crippen LogP contribution is 2.23. The summed E-state index contributed by atoms with van der Waals surface area (Å²) in [5.74, 6) is -0.0352. The average molecular weight is 495 g/mol. The van der Waals surface area contributed by atoms with Crippen LogP contribution in [0.5, 0.6) is 0 Å². The van der Waals surface area contributed by atoms with Gasteiger partial charge in [-0.05, 0) is 43.0 Å². The van der Waals surface area contributed by atoms with Gasteiger partial charge in [0.05, 0.1) is 18.8 Å². The summed E-state index contributed by atoms with van der Waals surface area (Å²) in [6.45, 7) is 4.85. The van der Waals surface area contributed by atoms with Crippen LogP contribution in [0.2, 0.25) is 0 Å². The second kappa shape index (κ2) is 11.4. The summed E-state index contributed by atoms with van der Waals surface area (Å²) in [4.78, 5) is 33.8. The number of carbonyl (C=O) groups excluding carboxylic acids is 2. The van der Waals surface area contributed by atoms with Gasteiger partial charge in [0.1, 0.15) is 0 Å². The van der Waals surface area contributed by atoms with E-state index in [1.807, 2.05) is 43.3 Å². The summed E-state index contributed by atoms with van der Waals surface area (Å²) in [6, 6.07) is 16.1. The van der Waals surface area contributed by atoms with Crippen molar-refractivity contribution >= 4 is 11.9 Å². The second-order valence-electron chi connectivity index (χ2n) is 10.2. The standard InChI is InChI=1S/C28H38N4O4/c1-20-4-6-21(7-5-20)22-8-10-23(11-9-22)27(35)29(2)25-13-15-32(17-25)28(36)30(3)24-12-14-31(16-24)18-26(34)19-33/h4-11,24-26,33-34H,12-19H2,1-3H3/t24?,25-,26-/m0/s1. The minimum absolute atomic E-state index is 0.0182. The van der Waals surface area contributed by atoms with Crippen molar-refractivity contribution in [1.29, 1.82) is 0 Å². The molecule has 4 rings (SSSR count). The van der Waals surface area contributed by atoms with Crippen molar-refractivity contribution in [2.45, 2.75) is 38.0 Å². The number of carbonyl (C=O) groups is 2. The Morgan fingerprint density at radius 2 is 1.50 bits per heavy atom. The smallest absolute Gasteiger partial charge is 0.320 e. The van der Waals surface area contributed by atoms with Crippen molar-refractivity contribution in [2.75, 3.05) is 53.4 Å². The Bertz CT molecular complexity index is 1040. The Kier molecular flexibility index (Phi) is 8.28. The van der Waals surface area contributed by atoms with Gasteiger partial charge in [0, 0.05) is 58.4 Å². The summed E-state index contributed by atoms with van der Waals surface area (Å²) in [7, 11) is 3.65. The lowest BCUT2D eigenvalue weighted by molar-refractivity contribution is 0.0640. The Balaban J connectivity index is 1.31. The van der Waals surface area contributed by atoms with E-state index in [0.717, 1.165) is 30.5 Å². The zero-order chi connectivity index (χ0) is 25.8. The molecule has 2 heterocycles. The molecule has 2 saturated heterocycles. The van der Waals surface area contributed by atoms with Crippen LogP contribution in [0.25, 0.3) is 11.1 Å². The molecule has 8 heteroatoms. The number of aliphatic hydroxyl groups is 2. The first-order valence-electron chi connectivity index (χ1n) is 12.7. The van der Waals surface area contributed by atoms with Gasteiger partial charge in [-0.1, -0.05) is 42.0 Å². The number of likely N-dealkylation sites (N-methyl/N-ethyl adjacent to an activating group) is 2. The topological polar surface area (TPSA) is 87.6 Å². The van der Waals surface area contributed by atoms with E-state index in [9.17, 15) is 14.7 Å². The molecule has 0 saturated carbocycles. The SMILES string of the molecule is Cc1ccc(-c2ccc(C(=O)N(C)[C@H]3CCN(C(=O)N(C)C4CCN(C[C@H](O)CO)C4)C3)cc2)cc1. The van der Waals surface area contributed by atoms with Gasteiger partial charge >= 0.3 is 6.03 Å². The van der Waals surface area contributed by atoms with Crippen LogP contribution in [-0.2, 0) is 0 Å². The number of likely N-dealkylation sites (tertiary alicyclic amines) is 2. The van der Waals surface area contributed by atoms with Crippen LogP contribution in [0, 0.1) is 6.92 Å². The lowest BCUT2D eigenvalue weighted by atomic mass is 10.0. The minimum atomic E-state index is -0.754. The van der Waals surface area contributed by atoms with Crippen LogP contribution >= 0.6 is 0 Å².